The summed E-state index contributed by atoms with van der Waals surface area (Å²) in [6, 6.07) is 0.301. The van der Waals surface area contributed by atoms with E-state index in [-0.39, 0.29) is 0 Å². The molecule has 2 unspecified atom stereocenters. The fourth-order valence-corrected chi connectivity index (χ4v) is 2.40. The Hall–Kier alpha value is -0.0400. The molecule has 2 N–H and O–H groups in total. The zero-order chi connectivity index (χ0) is 9.23. The van der Waals surface area contributed by atoms with Gasteiger partial charge in [-0.1, -0.05) is 34.6 Å². The molecular weight excluding hydrogens is 134 g/mol. The summed E-state index contributed by atoms with van der Waals surface area (Å²) in [6.07, 6.45) is 0. The van der Waals surface area contributed by atoms with Crippen LogP contribution in [0.15, 0.2) is 0 Å². The van der Waals surface area contributed by atoms with Crippen molar-refractivity contribution in [2.75, 3.05) is 0 Å². The van der Waals surface area contributed by atoms with Crippen LogP contribution in [0.2, 0.25) is 0 Å². The van der Waals surface area contributed by atoms with Gasteiger partial charge in [-0.3, -0.25) is 0 Å². The first-order valence-corrected chi connectivity index (χ1v) is 4.52. The van der Waals surface area contributed by atoms with Crippen molar-refractivity contribution in [2.45, 2.75) is 47.6 Å². The molecule has 2 atom stereocenters. The molecule has 0 aromatic heterocycles. The average molecular weight is 157 g/mol. The van der Waals surface area contributed by atoms with Crippen LogP contribution in [0, 0.1) is 17.3 Å². The predicted molar refractivity (Wildman–Crippen MR) is 51.4 cm³/mol. The van der Waals surface area contributed by atoms with E-state index in [1.165, 1.54) is 0 Å². The SMILES string of the molecule is CC(C)C(C(C)N)C(C)(C)C. The summed E-state index contributed by atoms with van der Waals surface area (Å²) in [5.41, 5.74) is 6.26. The molecule has 0 saturated carbocycles. The normalized spacial score (nSPS) is 18.5. The van der Waals surface area contributed by atoms with E-state index in [2.05, 4.69) is 41.5 Å². The molecule has 0 aliphatic heterocycles. The highest BCUT2D eigenvalue weighted by Gasteiger charge is 2.29. The third-order valence-corrected chi connectivity index (χ3v) is 2.28. The Bertz CT molecular complexity index is 101. The van der Waals surface area contributed by atoms with Crippen LogP contribution in [-0.2, 0) is 0 Å². The molecule has 0 aromatic rings. The Balaban J connectivity index is 4.35. The molecule has 0 fully saturated rings. The Morgan fingerprint density at radius 2 is 1.36 bits per heavy atom. The minimum Gasteiger partial charge on any atom is -0.328 e. The Morgan fingerprint density at radius 1 is 1.00 bits per heavy atom. The summed E-state index contributed by atoms with van der Waals surface area (Å²) < 4.78 is 0. The van der Waals surface area contributed by atoms with Gasteiger partial charge in [0, 0.05) is 6.04 Å². The molecule has 0 spiro atoms. The quantitative estimate of drug-likeness (QED) is 0.655. The van der Waals surface area contributed by atoms with Gasteiger partial charge in [-0.15, -0.1) is 0 Å². The van der Waals surface area contributed by atoms with Gasteiger partial charge in [0.15, 0.2) is 0 Å². The van der Waals surface area contributed by atoms with Crippen molar-refractivity contribution in [3.05, 3.63) is 0 Å². The second kappa shape index (κ2) is 3.57. The van der Waals surface area contributed by atoms with E-state index in [1.807, 2.05) is 0 Å². The minimum absolute atomic E-state index is 0.301. The lowest BCUT2D eigenvalue weighted by Crippen LogP contribution is -2.39. The van der Waals surface area contributed by atoms with Gasteiger partial charge in [0.05, 0.1) is 0 Å². The van der Waals surface area contributed by atoms with E-state index >= 15 is 0 Å². The fraction of sp³-hybridized carbons (Fsp3) is 1.00. The van der Waals surface area contributed by atoms with E-state index in [1.54, 1.807) is 0 Å². The first-order valence-electron chi connectivity index (χ1n) is 4.52. The number of nitrogens with two attached hydrogens (primary N) is 1. The van der Waals surface area contributed by atoms with E-state index in [4.69, 9.17) is 5.73 Å². The lowest BCUT2D eigenvalue weighted by molar-refractivity contribution is 0.151. The highest BCUT2D eigenvalue weighted by Crippen LogP contribution is 2.33. The fourth-order valence-electron chi connectivity index (χ4n) is 2.40. The first-order chi connectivity index (χ1) is 4.76. The smallest absolute Gasteiger partial charge is 0.00462 e. The van der Waals surface area contributed by atoms with Crippen LogP contribution in [0.3, 0.4) is 0 Å². The zero-order valence-corrected chi connectivity index (χ0v) is 8.81. The van der Waals surface area contributed by atoms with Gasteiger partial charge in [-0.25, -0.2) is 0 Å². The van der Waals surface area contributed by atoms with Crippen LogP contribution >= 0.6 is 0 Å². The topological polar surface area (TPSA) is 26.0 Å². The van der Waals surface area contributed by atoms with Crippen LogP contribution in [0.25, 0.3) is 0 Å². The molecule has 0 radical (unpaired) electrons. The molecule has 11 heavy (non-hydrogen) atoms. The minimum atomic E-state index is 0.301. The highest BCUT2D eigenvalue weighted by molar-refractivity contribution is 4.82. The lowest BCUT2D eigenvalue weighted by atomic mass is 9.71. The average Bonchev–Trinajstić information content (AvgIpc) is 1.54. The zero-order valence-electron chi connectivity index (χ0n) is 8.81. The summed E-state index contributed by atoms with van der Waals surface area (Å²) >= 11 is 0. The van der Waals surface area contributed by atoms with Gasteiger partial charge in [0.25, 0.3) is 0 Å². The van der Waals surface area contributed by atoms with Crippen LogP contribution in [0.5, 0.6) is 0 Å². The summed E-state index contributed by atoms with van der Waals surface area (Å²) in [7, 11) is 0. The van der Waals surface area contributed by atoms with Gasteiger partial charge >= 0.3 is 0 Å². The Morgan fingerprint density at radius 3 is 1.36 bits per heavy atom. The second-order valence-corrected chi connectivity index (χ2v) is 4.99. The molecular formula is C10H23N. The van der Waals surface area contributed by atoms with Crippen molar-refractivity contribution in [1.82, 2.24) is 0 Å². The maximum absolute atomic E-state index is 5.92. The molecule has 1 heteroatoms. The van der Waals surface area contributed by atoms with E-state index in [0.717, 1.165) is 0 Å². The van der Waals surface area contributed by atoms with E-state index in [9.17, 15) is 0 Å². The number of hydrogen-bond donors (Lipinski definition) is 1. The Kier molecular flexibility index (Phi) is 3.56. The van der Waals surface area contributed by atoms with Gasteiger partial charge in [0.2, 0.25) is 0 Å². The molecule has 0 amide bonds. The predicted octanol–water partition coefficient (Wildman–Crippen LogP) is 2.65. The molecule has 0 aromatic carbocycles. The van der Waals surface area contributed by atoms with Crippen molar-refractivity contribution in [2.24, 2.45) is 23.0 Å². The van der Waals surface area contributed by atoms with Crippen molar-refractivity contribution in [1.29, 1.82) is 0 Å². The summed E-state index contributed by atoms with van der Waals surface area (Å²) in [6.45, 7) is 13.4. The van der Waals surface area contributed by atoms with E-state index < -0.39 is 0 Å². The summed E-state index contributed by atoms with van der Waals surface area (Å²) in [5, 5.41) is 0. The van der Waals surface area contributed by atoms with Gasteiger partial charge < -0.3 is 5.73 Å². The van der Waals surface area contributed by atoms with Crippen LogP contribution in [0.1, 0.15) is 41.5 Å². The van der Waals surface area contributed by atoms with Gasteiger partial charge in [0.1, 0.15) is 0 Å². The molecule has 0 aliphatic carbocycles. The molecule has 68 valence electrons. The molecule has 1 nitrogen and oxygen atoms in total. The molecule has 0 saturated heterocycles. The van der Waals surface area contributed by atoms with Gasteiger partial charge in [-0.2, -0.15) is 0 Å². The summed E-state index contributed by atoms with van der Waals surface area (Å²) in [5.74, 6) is 1.29. The highest BCUT2D eigenvalue weighted by atomic mass is 14.7. The summed E-state index contributed by atoms with van der Waals surface area (Å²) in [4.78, 5) is 0. The standard InChI is InChI=1S/C10H23N/c1-7(2)9(8(3)11)10(4,5)6/h7-9H,11H2,1-6H3. The third-order valence-electron chi connectivity index (χ3n) is 2.28. The van der Waals surface area contributed by atoms with Crippen molar-refractivity contribution >= 4 is 0 Å². The third kappa shape index (κ3) is 3.24. The van der Waals surface area contributed by atoms with Crippen molar-refractivity contribution in [3.8, 4) is 0 Å². The van der Waals surface area contributed by atoms with Crippen molar-refractivity contribution < 1.29 is 0 Å². The number of rotatable bonds is 2. The van der Waals surface area contributed by atoms with E-state index in [0.29, 0.717) is 23.3 Å². The maximum Gasteiger partial charge on any atom is 0.00462 e. The van der Waals surface area contributed by atoms with Crippen molar-refractivity contribution in [3.63, 3.8) is 0 Å². The Labute approximate surface area is 71.4 Å². The largest absolute Gasteiger partial charge is 0.328 e. The lowest BCUT2D eigenvalue weighted by Gasteiger charge is -2.36. The maximum atomic E-state index is 5.92. The molecule has 0 heterocycles. The molecule has 0 bridgehead atoms. The van der Waals surface area contributed by atoms with Gasteiger partial charge in [-0.05, 0) is 24.2 Å². The van der Waals surface area contributed by atoms with Crippen LogP contribution < -0.4 is 5.73 Å². The second-order valence-electron chi connectivity index (χ2n) is 4.99. The first kappa shape index (κ1) is 11.0. The van der Waals surface area contributed by atoms with Crippen LogP contribution in [0.4, 0.5) is 0 Å². The monoisotopic (exact) mass is 157 g/mol. The molecule has 0 aliphatic rings. The van der Waals surface area contributed by atoms with Crippen LogP contribution in [-0.4, -0.2) is 6.04 Å². The molecule has 0 rings (SSSR count). The number of hydrogen-bond acceptors (Lipinski definition) is 1.